The highest BCUT2D eigenvalue weighted by atomic mass is 35.5. The van der Waals surface area contributed by atoms with Crippen LogP contribution in [0.5, 0.6) is 11.5 Å². The maximum absolute atomic E-state index is 5.87. The summed E-state index contributed by atoms with van der Waals surface area (Å²) in [5.74, 6) is 2.35. The van der Waals surface area contributed by atoms with Crippen molar-refractivity contribution in [1.29, 1.82) is 0 Å². The predicted octanol–water partition coefficient (Wildman–Crippen LogP) is 2.92. The molecule has 2 rings (SSSR count). The largest absolute Gasteiger partial charge is 0.497 e. The molecule has 0 aliphatic carbocycles. The minimum atomic E-state index is -0.0117. The first-order valence-corrected chi connectivity index (χ1v) is 8.84. The van der Waals surface area contributed by atoms with Gasteiger partial charge in [-0.05, 0) is 49.2 Å². The molecule has 0 aliphatic rings. The van der Waals surface area contributed by atoms with Gasteiger partial charge in [0, 0.05) is 19.8 Å². The monoisotopic (exact) mass is 376 g/mol. The molecule has 0 bridgehead atoms. The van der Waals surface area contributed by atoms with Crippen LogP contribution in [-0.2, 0) is 6.42 Å². The maximum Gasteiger partial charge on any atom is 0.191 e. The summed E-state index contributed by atoms with van der Waals surface area (Å²) in [6.07, 6.45) is 2.61. The van der Waals surface area contributed by atoms with E-state index in [4.69, 9.17) is 21.1 Å². The fourth-order valence-electron chi connectivity index (χ4n) is 2.27. The standard InChI is InChI=1S/C19H25ClN4O2/c1-14(26-17-7-5-16(25-3)6-8-17)12-24-19(21-2)22-11-10-15-4-9-18(20)23-13-15/h4-9,13-14H,10-12H2,1-3H3,(H2,21,22,24). The quantitative estimate of drug-likeness (QED) is 0.421. The molecule has 140 valence electrons. The van der Waals surface area contributed by atoms with Crippen molar-refractivity contribution in [3.8, 4) is 11.5 Å². The average Bonchev–Trinajstić information content (AvgIpc) is 2.66. The van der Waals surface area contributed by atoms with E-state index in [-0.39, 0.29) is 6.10 Å². The highest BCUT2D eigenvalue weighted by molar-refractivity contribution is 6.29. The van der Waals surface area contributed by atoms with Crippen molar-refractivity contribution in [2.45, 2.75) is 19.4 Å². The third kappa shape index (κ3) is 6.80. The summed E-state index contributed by atoms with van der Waals surface area (Å²) in [6.45, 7) is 3.38. The van der Waals surface area contributed by atoms with E-state index in [0.717, 1.165) is 36.0 Å². The molecule has 1 aromatic heterocycles. The molecule has 0 saturated heterocycles. The zero-order valence-corrected chi connectivity index (χ0v) is 16.1. The Morgan fingerprint density at radius 1 is 1.15 bits per heavy atom. The number of rotatable bonds is 8. The summed E-state index contributed by atoms with van der Waals surface area (Å²) >= 11 is 5.79. The van der Waals surface area contributed by atoms with Gasteiger partial charge in [0.1, 0.15) is 22.8 Å². The number of guanidine groups is 1. The van der Waals surface area contributed by atoms with Crippen LogP contribution in [0.2, 0.25) is 5.15 Å². The molecule has 0 fully saturated rings. The first-order valence-electron chi connectivity index (χ1n) is 8.46. The Morgan fingerprint density at radius 3 is 2.50 bits per heavy atom. The Balaban J connectivity index is 1.70. The van der Waals surface area contributed by atoms with Gasteiger partial charge in [-0.15, -0.1) is 0 Å². The topological polar surface area (TPSA) is 67.8 Å². The Kier molecular flexibility index (Phi) is 8.02. The van der Waals surface area contributed by atoms with Crippen molar-refractivity contribution in [2.24, 2.45) is 4.99 Å². The van der Waals surface area contributed by atoms with Crippen LogP contribution in [0.15, 0.2) is 47.6 Å². The molecule has 0 saturated carbocycles. The van der Waals surface area contributed by atoms with E-state index >= 15 is 0 Å². The molecular weight excluding hydrogens is 352 g/mol. The molecule has 6 nitrogen and oxygen atoms in total. The van der Waals surface area contributed by atoms with Gasteiger partial charge in [-0.3, -0.25) is 4.99 Å². The molecule has 0 spiro atoms. The van der Waals surface area contributed by atoms with E-state index in [1.165, 1.54) is 0 Å². The van der Waals surface area contributed by atoms with Crippen LogP contribution >= 0.6 is 11.6 Å². The van der Waals surface area contributed by atoms with Crippen LogP contribution < -0.4 is 20.1 Å². The third-order valence-electron chi connectivity index (χ3n) is 3.67. The number of ether oxygens (including phenoxy) is 2. The number of halogens is 1. The summed E-state index contributed by atoms with van der Waals surface area (Å²) in [4.78, 5) is 8.30. The molecule has 0 aliphatic heterocycles. The second-order valence-corrected chi connectivity index (χ2v) is 6.11. The van der Waals surface area contributed by atoms with E-state index in [9.17, 15) is 0 Å². The van der Waals surface area contributed by atoms with Crippen molar-refractivity contribution in [3.63, 3.8) is 0 Å². The highest BCUT2D eigenvalue weighted by Crippen LogP contribution is 2.17. The number of pyridine rings is 1. The summed E-state index contributed by atoms with van der Waals surface area (Å²) in [5, 5.41) is 7.04. The molecule has 1 unspecified atom stereocenters. The van der Waals surface area contributed by atoms with Crippen molar-refractivity contribution in [1.82, 2.24) is 15.6 Å². The molecule has 2 N–H and O–H groups in total. The Morgan fingerprint density at radius 2 is 1.88 bits per heavy atom. The lowest BCUT2D eigenvalue weighted by atomic mass is 10.2. The van der Waals surface area contributed by atoms with Gasteiger partial charge in [0.15, 0.2) is 5.96 Å². The summed E-state index contributed by atoms with van der Waals surface area (Å²) in [5.41, 5.74) is 1.12. The van der Waals surface area contributed by atoms with Gasteiger partial charge in [-0.25, -0.2) is 4.98 Å². The van der Waals surface area contributed by atoms with Crippen LogP contribution in [0.25, 0.3) is 0 Å². The van der Waals surface area contributed by atoms with Gasteiger partial charge in [0.05, 0.1) is 13.7 Å². The molecular formula is C19H25ClN4O2. The van der Waals surface area contributed by atoms with E-state index in [1.54, 1.807) is 26.4 Å². The number of hydrogen-bond acceptors (Lipinski definition) is 4. The van der Waals surface area contributed by atoms with Crippen LogP contribution in [-0.4, -0.2) is 44.3 Å². The minimum Gasteiger partial charge on any atom is -0.497 e. The van der Waals surface area contributed by atoms with Crippen molar-refractivity contribution in [3.05, 3.63) is 53.3 Å². The zero-order valence-electron chi connectivity index (χ0n) is 15.3. The highest BCUT2D eigenvalue weighted by Gasteiger charge is 2.06. The van der Waals surface area contributed by atoms with E-state index in [0.29, 0.717) is 11.7 Å². The van der Waals surface area contributed by atoms with Crippen LogP contribution in [0.3, 0.4) is 0 Å². The van der Waals surface area contributed by atoms with Gasteiger partial charge in [-0.2, -0.15) is 0 Å². The smallest absolute Gasteiger partial charge is 0.191 e. The molecule has 1 aromatic carbocycles. The summed E-state index contributed by atoms with van der Waals surface area (Å²) in [7, 11) is 3.39. The van der Waals surface area contributed by atoms with E-state index in [1.807, 2.05) is 37.3 Å². The van der Waals surface area contributed by atoms with E-state index in [2.05, 4.69) is 20.6 Å². The summed E-state index contributed by atoms with van der Waals surface area (Å²) < 4.78 is 11.0. The van der Waals surface area contributed by atoms with Crippen molar-refractivity contribution >= 4 is 17.6 Å². The lowest BCUT2D eigenvalue weighted by Gasteiger charge is -2.18. The number of hydrogen-bond donors (Lipinski definition) is 2. The van der Waals surface area contributed by atoms with Gasteiger partial charge >= 0.3 is 0 Å². The van der Waals surface area contributed by atoms with Gasteiger partial charge < -0.3 is 20.1 Å². The fraction of sp³-hybridized carbons (Fsp3) is 0.368. The second kappa shape index (κ2) is 10.5. The number of nitrogens with one attached hydrogen (secondary N) is 2. The summed E-state index contributed by atoms with van der Waals surface area (Å²) in [6, 6.07) is 11.3. The van der Waals surface area contributed by atoms with Crippen molar-refractivity contribution < 1.29 is 9.47 Å². The SMILES string of the molecule is CN=C(NCCc1ccc(Cl)nc1)NCC(C)Oc1ccc(OC)cc1. The third-order valence-corrected chi connectivity index (χ3v) is 3.90. The Bertz CT molecular complexity index is 690. The molecule has 0 amide bonds. The molecule has 1 heterocycles. The van der Waals surface area contributed by atoms with Gasteiger partial charge in [-0.1, -0.05) is 17.7 Å². The maximum atomic E-state index is 5.87. The Labute approximate surface area is 159 Å². The number of aromatic nitrogens is 1. The first kappa shape index (κ1) is 19.8. The fourth-order valence-corrected chi connectivity index (χ4v) is 2.38. The minimum absolute atomic E-state index is 0.0117. The molecule has 1 atom stereocenters. The Hall–Kier alpha value is -2.47. The molecule has 2 aromatic rings. The van der Waals surface area contributed by atoms with Crippen LogP contribution in [0.4, 0.5) is 0 Å². The lowest BCUT2D eigenvalue weighted by molar-refractivity contribution is 0.223. The number of benzene rings is 1. The number of aliphatic imine (C=N–C) groups is 1. The van der Waals surface area contributed by atoms with Gasteiger partial charge in [0.2, 0.25) is 0 Å². The van der Waals surface area contributed by atoms with E-state index < -0.39 is 0 Å². The lowest BCUT2D eigenvalue weighted by Crippen LogP contribution is -2.42. The molecule has 26 heavy (non-hydrogen) atoms. The van der Waals surface area contributed by atoms with Crippen molar-refractivity contribution in [2.75, 3.05) is 27.2 Å². The molecule has 7 heteroatoms. The molecule has 0 radical (unpaired) electrons. The van der Waals surface area contributed by atoms with Crippen LogP contribution in [0.1, 0.15) is 12.5 Å². The normalized spacial score (nSPS) is 12.4. The second-order valence-electron chi connectivity index (χ2n) is 5.72. The number of methoxy groups -OCH3 is 1. The zero-order chi connectivity index (χ0) is 18.8. The van der Waals surface area contributed by atoms with Gasteiger partial charge in [0.25, 0.3) is 0 Å². The average molecular weight is 377 g/mol. The first-order chi connectivity index (χ1) is 12.6. The van der Waals surface area contributed by atoms with Crippen LogP contribution in [0, 0.1) is 0 Å². The number of nitrogens with zero attached hydrogens (tertiary/aromatic N) is 2. The predicted molar refractivity (Wildman–Crippen MR) is 105 cm³/mol.